The number of benzene rings is 2. The van der Waals surface area contributed by atoms with Gasteiger partial charge in [-0.1, -0.05) is 36.4 Å². The molecule has 0 amide bonds. The van der Waals surface area contributed by atoms with Gasteiger partial charge in [0.15, 0.2) is 0 Å². The van der Waals surface area contributed by atoms with Gasteiger partial charge < -0.3 is 9.31 Å². The molecule has 2 aromatic rings. The van der Waals surface area contributed by atoms with Crippen LogP contribution in [0.3, 0.4) is 0 Å². The second-order valence-corrected chi connectivity index (χ2v) is 7.69. The maximum Gasteiger partial charge on any atom is 0.496 e. The highest BCUT2D eigenvalue weighted by Gasteiger charge is 2.53. The summed E-state index contributed by atoms with van der Waals surface area (Å²) in [5, 5.41) is 0. The standard InChI is InChI=1S/C21H25BO5/c1-14-16(15-10-8-7-9-11-15)12-13-17(19(23)25-24-6)18(14)22-26-20(2,3)21(4,5)27-22/h7-13H,1-6H3. The van der Waals surface area contributed by atoms with Crippen molar-refractivity contribution in [1.82, 2.24) is 0 Å². The number of hydrogen-bond acceptors (Lipinski definition) is 5. The summed E-state index contributed by atoms with van der Waals surface area (Å²) in [6.07, 6.45) is 0. The van der Waals surface area contributed by atoms with Crippen molar-refractivity contribution in [1.29, 1.82) is 0 Å². The van der Waals surface area contributed by atoms with Crippen LogP contribution in [0.5, 0.6) is 0 Å². The van der Waals surface area contributed by atoms with E-state index >= 15 is 0 Å². The summed E-state index contributed by atoms with van der Waals surface area (Å²) in [7, 11) is 0.621. The molecule has 2 aromatic carbocycles. The zero-order valence-electron chi connectivity index (χ0n) is 16.7. The third-order valence-corrected chi connectivity index (χ3v) is 5.47. The molecule has 1 heterocycles. The Kier molecular flexibility index (Phi) is 5.17. The van der Waals surface area contributed by atoms with Crippen molar-refractivity contribution in [2.24, 2.45) is 0 Å². The minimum absolute atomic E-state index is 0.368. The lowest BCUT2D eigenvalue weighted by atomic mass is 9.71. The Labute approximate surface area is 160 Å². The van der Waals surface area contributed by atoms with Crippen molar-refractivity contribution < 1.29 is 23.9 Å². The van der Waals surface area contributed by atoms with E-state index in [2.05, 4.69) is 4.89 Å². The Morgan fingerprint density at radius 3 is 2.11 bits per heavy atom. The highest BCUT2D eigenvalue weighted by Crippen LogP contribution is 2.37. The second kappa shape index (κ2) is 7.11. The molecule has 0 saturated carbocycles. The molecule has 0 spiro atoms. The quantitative estimate of drug-likeness (QED) is 0.468. The second-order valence-electron chi connectivity index (χ2n) is 7.69. The van der Waals surface area contributed by atoms with E-state index in [4.69, 9.17) is 14.2 Å². The van der Waals surface area contributed by atoms with Gasteiger partial charge in [-0.2, -0.15) is 4.89 Å². The lowest BCUT2D eigenvalue weighted by Crippen LogP contribution is -2.41. The van der Waals surface area contributed by atoms with Gasteiger partial charge in [0, 0.05) is 5.46 Å². The topological polar surface area (TPSA) is 54.0 Å². The number of hydrogen-bond donors (Lipinski definition) is 0. The molecule has 6 heteroatoms. The Morgan fingerprint density at radius 2 is 1.56 bits per heavy atom. The predicted molar refractivity (Wildman–Crippen MR) is 105 cm³/mol. The molecular weight excluding hydrogens is 343 g/mol. The van der Waals surface area contributed by atoms with E-state index in [1.807, 2.05) is 71.0 Å². The van der Waals surface area contributed by atoms with Crippen LogP contribution in [0.15, 0.2) is 42.5 Å². The smallest absolute Gasteiger partial charge is 0.399 e. The van der Waals surface area contributed by atoms with E-state index in [9.17, 15) is 4.79 Å². The monoisotopic (exact) mass is 368 g/mol. The van der Waals surface area contributed by atoms with Crippen LogP contribution in [0.2, 0.25) is 0 Å². The third-order valence-electron chi connectivity index (χ3n) is 5.47. The fourth-order valence-electron chi connectivity index (χ4n) is 3.22. The van der Waals surface area contributed by atoms with Crippen LogP contribution in [-0.2, 0) is 19.1 Å². The summed E-state index contributed by atoms with van der Waals surface area (Å²) in [6.45, 7) is 9.90. The molecule has 0 atom stereocenters. The molecule has 1 aliphatic rings. The summed E-state index contributed by atoms with van der Waals surface area (Å²) in [5.41, 5.74) is 2.97. The van der Waals surface area contributed by atoms with Crippen molar-refractivity contribution in [3.63, 3.8) is 0 Å². The summed E-state index contributed by atoms with van der Waals surface area (Å²) in [4.78, 5) is 21.9. The van der Waals surface area contributed by atoms with E-state index in [0.29, 0.717) is 11.0 Å². The lowest BCUT2D eigenvalue weighted by molar-refractivity contribution is -0.216. The van der Waals surface area contributed by atoms with E-state index in [0.717, 1.165) is 16.7 Å². The Balaban J connectivity index is 2.15. The molecule has 0 unspecified atom stereocenters. The molecule has 0 bridgehead atoms. The minimum Gasteiger partial charge on any atom is -0.399 e. The summed E-state index contributed by atoms with van der Waals surface area (Å²) in [6, 6.07) is 13.6. The van der Waals surface area contributed by atoms with Crippen LogP contribution in [0.25, 0.3) is 11.1 Å². The van der Waals surface area contributed by atoms with Crippen molar-refractivity contribution in [3.8, 4) is 11.1 Å². The SMILES string of the molecule is COOC(=O)c1ccc(-c2ccccc2)c(C)c1B1OC(C)(C)C(C)(C)O1. The first-order valence-corrected chi connectivity index (χ1v) is 8.97. The van der Waals surface area contributed by atoms with Gasteiger partial charge in [-0.3, -0.25) is 4.89 Å². The first kappa shape index (κ1) is 19.6. The summed E-state index contributed by atoms with van der Waals surface area (Å²) >= 11 is 0. The van der Waals surface area contributed by atoms with Gasteiger partial charge in [-0.25, -0.2) is 4.79 Å². The largest absolute Gasteiger partial charge is 0.496 e. The van der Waals surface area contributed by atoms with Crippen LogP contribution >= 0.6 is 0 Å². The fraction of sp³-hybridized carbons (Fsp3) is 0.381. The van der Waals surface area contributed by atoms with E-state index < -0.39 is 24.3 Å². The van der Waals surface area contributed by atoms with Crippen LogP contribution in [-0.4, -0.2) is 31.4 Å². The number of rotatable bonds is 4. The molecule has 1 aliphatic heterocycles. The van der Waals surface area contributed by atoms with Gasteiger partial charge >= 0.3 is 13.1 Å². The maximum absolute atomic E-state index is 12.5. The normalized spacial score (nSPS) is 17.8. The predicted octanol–water partition coefficient (Wildman–Crippen LogP) is 3.68. The zero-order valence-corrected chi connectivity index (χ0v) is 16.7. The molecule has 3 rings (SSSR count). The van der Waals surface area contributed by atoms with Crippen LogP contribution < -0.4 is 5.46 Å². The molecular formula is C21H25BO5. The fourth-order valence-corrected chi connectivity index (χ4v) is 3.22. The highest BCUT2D eigenvalue weighted by atomic mass is 17.2. The Hall–Kier alpha value is -2.15. The molecule has 0 N–H and O–H groups in total. The van der Waals surface area contributed by atoms with Gasteiger partial charge in [0.1, 0.15) is 0 Å². The first-order valence-electron chi connectivity index (χ1n) is 8.97. The third kappa shape index (κ3) is 3.52. The van der Waals surface area contributed by atoms with Crippen LogP contribution in [0.1, 0.15) is 43.6 Å². The molecule has 0 aromatic heterocycles. The highest BCUT2D eigenvalue weighted by molar-refractivity contribution is 6.64. The summed E-state index contributed by atoms with van der Waals surface area (Å²) in [5.74, 6) is -0.579. The number of carbonyl (C=O) groups excluding carboxylic acids is 1. The van der Waals surface area contributed by atoms with Gasteiger partial charge in [0.25, 0.3) is 0 Å². The van der Waals surface area contributed by atoms with Crippen molar-refractivity contribution >= 4 is 18.6 Å². The van der Waals surface area contributed by atoms with Gasteiger partial charge in [0.2, 0.25) is 0 Å². The zero-order chi connectivity index (χ0) is 19.8. The molecule has 0 radical (unpaired) electrons. The summed E-state index contributed by atoms with van der Waals surface area (Å²) < 4.78 is 12.4. The van der Waals surface area contributed by atoms with Gasteiger partial charge in [-0.15, -0.1) is 0 Å². The molecule has 5 nitrogen and oxygen atoms in total. The van der Waals surface area contributed by atoms with Gasteiger partial charge in [0.05, 0.1) is 23.9 Å². The van der Waals surface area contributed by atoms with Crippen molar-refractivity contribution in [2.75, 3.05) is 7.11 Å². The molecule has 1 saturated heterocycles. The molecule has 142 valence electrons. The minimum atomic E-state index is -0.682. The van der Waals surface area contributed by atoms with E-state index in [-0.39, 0.29) is 0 Å². The average molecular weight is 368 g/mol. The van der Waals surface area contributed by atoms with E-state index in [1.165, 1.54) is 7.11 Å². The molecule has 0 aliphatic carbocycles. The van der Waals surface area contributed by atoms with Crippen molar-refractivity contribution in [3.05, 3.63) is 53.6 Å². The lowest BCUT2D eigenvalue weighted by Gasteiger charge is -2.32. The van der Waals surface area contributed by atoms with E-state index in [1.54, 1.807) is 6.07 Å². The van der Waals surface area contributed by atoms with Gasteiger partial charge in [-0.05, 0) is 57.4 Å². The molecule has 27 heavy (non-hydrogen) atoms. The van der Waals surface area contributed by atoms with Crippen molar-refractivity contribution in [2.45, 2.75) is 45.8 Å². The first-order chi connectivity index (χ1) is 12.7. The number of carbonyl (C=O) groups is 1. The maximum atomic E-state index is 12.5. The molecule has 1 fully saturated rings. The Morgan fingerprint density at radius 1 is 0.963 bits per heavy atom. The van der Waals surface area contributed by atoms with Crippen LogP contribution in [0, 0.1) is 6.92 Å². The average Bonchev–Trinajstić information content (AvgIpc) is 2.82. The Bertz CT molecular complexity index is 829. The van der Waals surface area contributed by atoms with Crippen LogP contribution in [0.4, 0.5) is 0 Å².